The van der Waals surface area contributed by atoms with E-state index in [1.165, 1.54) is 0 Å². The molecule has 30 heavy (non-hydrogen) atoms. The predicted octanol–water partition coefficient (Wildman–Crippen LogP) is 5.71. The molecule has 0 heterocycles. The van der Waals surface area contributed by atoms with Crippen molar-refractivity contribution in [3.8, 4) is 0 Å². The Hall–Kier alpha value is -3.69. The van der Waals surface area contributed by atoms with E-state index < -0.39 is 18.2 Å². The van der Waals surface area contributed by atoms with Crippen LogP contribution < -0.4 is 0 Å². The van der Waals surface area contributed by atoms with Gasteiger partial charge in [0, 0.05) is 0 Å². The lowest BCUT2D eigenvalue weighted by molar-refractivity contribution is 0.0373. The van der Waals surface area contributed by atoms with Gasteiger partial charge in [-0.3, -0.25) is 0 Å². The molecule has 1 N–H and O–H groups in total. The highest BCUT2D eigenvalue weighted by molar-refractivity contribution is 5.91. The van der Waals surface area contributed by atoms with Gasteiger partial charge in [-0.05, 0) is 28.3 Å². The fraction of sp³-hybridized carbons (Fsp3) is 0.0741. The van der Waals surface area contributed by atoms with Crippen molar-refractivity contribution >= 4 is 5.97 Å². The third kappa shape index (κ3) is 4.32. The number of aliphatic hydroxyl groups excluding tert-OH is 1. The van der Waals surface area contributed by atoms with Crippen molar-refractivity contribution in [3.05, 3.63) is 143 Å². The summed E-state index contributed by atoms with van der Waals surface area (Å²) in [7, 11) is 0. The number of benzene rings is 4. The summed E-state index contributed by atoms with van der Waals surface area (Å²) in [6, 6.07) is 35.6. The van der Waals surface area contributed by atoms with Crippen LogP contribution >= 0.6 is 0 Å². The number of hydrogen-bond donors (Lipinski definition) is 1. The number of aliphatic hydroxyl groups is 1. The topological polar surface area (TPSA) is 46.5 Å². The highest BCUT2D eigenvalue weighted by Gasteiger charge is 2.24. The number of hydrogen-bond acceptors (Lipinski definition) is 3. The van der Waals surface area contributed by atoms with Crippen molar-refractivity contribution in [3.63, 3.8) is 0 Å². The lowest BCUT2D eigenvalue weighted by Crippen LogP contribution is -2.16. The van der Waals surface area contributed by atoms with Crippen LogP contribution in [0.15, 0.2) is 115 Å². The van der Waals surface area contributed by atoms with Gasteiger partial charge in [-0.25, -0.2) is 4.79 Å². The summed E-state index contributed by atoms with van der Waals surface area (Å²) in [5.41, 5.74) is 3.37. The summed E-state index contributed by atoms with van der Waals surface area (Å²) < 4.78 is 5.99. The monoisotopic (exact) mass is 394 g/mol. The normalized spacial score (nSPS) is 11.8. The molecule has 0 bridgehead atoms. The Morgan fingerprint density at radius 1 is 0.600 bits per heavy atom. The molecular formula is C27H22O3. The summed E-state index contributed by atoms with van der Waals surface area (Å²) in [6.07, 6.45) is -1.45. The van der Waals surface area contributed by atoms with E-state index in [0.29, 0.717) is 11.1 Å². The number of carbonyl (C=O) groups excluding carboxylic acids is 1. The average molecular weight is 394 g/mol. The second-order valence-corrected chi connectivity index (χ2v) is 7.01. The average Bonchev–Trinajstić information content (AvgIpc) is 2.83. The van der Waals surface area contributed by atoms with Crippen LogP contribution in [0.3, 0.4) is 0 Å². The maximum absolute atomic E-state index is 13.2. The van der Waals surface area contributed by atoms with Gasteiger partial charge in [0.1, 0.15) is 6.10 Å². The molecule has 0 saturated heterocycles. The molecule has 1 unspecified atom stereocenters. The van der Waals surface area contributed by atoms with Crippen LogP contribution in [0.25, 0.3) is 0 Å². The number of ether oxygens (including phenoxy) is 1. The molecule has 4 rings (SSSR count). The Labute approximate surface area is 176 Å². The minimum absolute atomic E-state index is 0.353. The molecule has 0 aliphatic rings. The first-order valence-electron chi connectivity index (χ1n) is 9.87. The molecule has 4 aromatic rings. The summed E-state index contributed by atoms with van der Waals surface area (Å²) >= 11 is 0. The van der Waals surface area contributed by atoms with Gasteiger partial charge in [0.25, 0.3) is 0 Å². The first kappa shape index (κ1) is 19.6. The molecule has 148 valence electrons. The van der Waals surface area contributed by atoms with E-state index in [9.17, 15) is 9.90 Å². The molecule has 3 heteroatoms. The summed E-state index contributed by atoms with van der Waals surface area (Å²) in [5.74, 6) is -0.474. The van der Waals surface area contributed by atoms with Crippen molar-refractivity contribution in [2.45, 2.75) is 12.2 Å². The second-order valence-electron chi connectivity index (χ2n) is 7.01. The number of esters is 1. The Bertz CT molecular complexity index is 1050. The van der Waals surface area contributed by atoms with Gasteiger partial charge in [-0.1, -0.05) is 109 Å². The molecule has 1 atom stereocenters. The van der Waals surface area contributed by atoms with E-state index in [1.807, 2.05) is 97.1 Å². The van der Waals surface area contributed by atoms with E-state index in [-0.39, 0.29) is 0 Å². The first-order chi connectivity index (χ1) is 14.7. The Balaban J connectivity index is 1.67. The molecule has 0 spiro atoms. The summed E-state index contributed by atoms with van der Waals surface area (Å²) in [6.45, 7) is 0. The Morgan fingerprint density at radius 2 is 1.03 bits per heavy atom. The van der Waals surface area contributed by atoms with E-state index in [0.717, 1.165) is 16.7 Å². The standard InChI is InChI=1S/C27H22O3/c28-25(20-12-4-1-5-13-20)23-18-10-11-19-24(23)27(29)30-26(21-14-6-2-7-15-21)22-16-8-3-9-17-22/h1-19,25-26,28H. The Kier molecular flexibility index (Phi) is 6.02. The van der Waals surface area contributed by atoms with Crippen molar-refractivity contribution in [2.24, 2.45) is 0 Å². The summed E-state index contributed by atoms with van der Waals surface area (Å²) in [5, 5.41) is 10.9. The smallest absolute Gasteiger partial charge is 0.339 e. The third-order valence-electron chi connectivity index (χ3n) is 5.02. The van der Waals surface area contributed by atoms with Crippen LogP contribution in [0.5, 0.6) is 0 Å². The van der Waals surface area contributed by atoms with Crippen LogP contribution in [0, 0.1) is 0 Å². The quantitative estimate of drug-likeness (QED) is 0.426. The zero-order valence-corrected chi connectivity index (χ0v) is 16.4. The highest BCUT2D eigenvalue weighted by atomic mass is 16.5. The zero-order valence-electron chi connectivity index (χ0n) is 16.4. The fourth-order valence-electron chi connectivity index (χ4n) is 3.49. The minimum Gasteiger partial charge on any atom is -0.449 e. The van der Waals surface area contributed by atoms with Crippen molar-refractivity contribution in [1.29, 1.82) is 0 Å². The van der Waals surface area contributed by atoms with Crippen LogP contribution in [-0.4, -0.2) is 11.1 Å². The first-order valence-corrected chi connectivity index (χ1v) is 9.87. The van der Waals surface area contributed by atoms with Gasteiger partial charge in [0.05, 0.1) is 5.56 Å². The minimum atomic E-state index is -0.915. The molecule has 3 nitrogen and oxygen atoms in total. The fourth-order valence-corrected chi connectivity index (χ4v) is 3.49. The van der Waals surface area contributed by atoms with E-state index >= 15 is 0 Å². The van der Waals surface area contributed by atoms with E-state index in [4.69, 9.17) is 4.74 Å². The van der Waals surface area contributed by atoms with Gasteiger partial charge >= 0.3 is 5.97 Å². The Morgan fingerprint density at radius 3 is 1.57 bits per heavy atom. The zero-order chi connectivity index (χ0) is 20.8. The van der Waals surface area contributed by atoms with Crippen LogP contribution in [0.2, 0.25) is 0 Å². The molecule has 0 radical (unpaired) electrons. The van der Waals surface area contributed by atoms with Crippen LogP contribution in [-0.2, 0) is 4.74 Å². The molecule has 0 saturated carbocycles. The molecule has 0 aliphatic carbocycles. The maximum Gasteiger partial charge on any atom is 0.339 e. The van der Waals surface area contributed by atoms with Crippen molar-refractivity contribution in [1.82, 2.24) is 0 Å². The summed E-state index contributed by atoms with van der Waals surface area (Å²) in [4.78, 5) is 13.2. The molecule has 0 fully saturated rings. The second kappa shape index (κ2) is 9.21. The maximum atomic E-state index is 13.2. The third-order valence-corrected chi connectivity index (χ3v) is 5.02. The van der Waals surface area contributed by atoms with Crippen LogP contribution in [0.1, 0.15) is 44.8 Å². The lowest BCUT2D eigenvalue weighted by atomic mass is 9.96. The lowest BCUT2D eigenvalue weighted by Gasteiger charge is -2.21. The molecule has 0 amide bonds. The van der Waals surface area contributed by atoms with Gasteiger partial charge in [0.2, 0.25) is 0 Å². The molecule has 4 aromatic carbocycles. The van der Waals surface area contributed by atoms with Gasteiger partial charge in [-0.2, -0.15) is 0 Å². The molecule has 0 aromatic heterocycles. The highest BCUT2D eigenvalue weighted by Crippen LogP contribution is 2.30. The van der Waals surface area contributed by atoms with Crippen molar-refractivity contribution in [2.75, 3.05) is 0 Å². The molecular weight excluding hydrogens is 372 g/mol. The van der Waals surface area contributed by atoms with E-state index in [1.54, 1.807) is 18.2 Å². The number of rotatable bonds is 6. The van der Waals surface area contributed by atoms with Crippen LogP contribution in [0.4, 0.5) is 0 Å². The SMILES string of the molecule is O=C(OC(c1ccccc1)c1ccccc1)c1ccccc1C(O)c1ccccc1. The number of carbonyl (C=O) groups is 1. The predicted molar refractivity (Wildman–Crippen MR) is 117 cm³/mol. The van der Waals surface area contributed by atoms with Gasteiger partial charge in [-0.15, -0.1) is 0 Å². The van der Waals surface area contributed by atoms with Gasteiger partial charge < -0.3 is 9.84 Å². The largest absolute Gasteiger partial charge is 0.449 e. The van der Waals surface area contributed by atoms with Crippen molar-refractivity contribution < 1.29 is 14.6 Å². The van der Waals surface area contributed by atoms with Gasteiger partial charge in [0.15, 0.2) is 6.10 Å². The molecule has 0 aliphatic heterocycles. The van der Waals surface area contributed by atoms with E-state index in [2.05, 4.69) is 0 Å².